The van der Waals surface area contributed by atoms with Crippen LogP contribution in [0.4, 0.5) is 26.3 Å². The molecule has 0 radical (unpaired) electrons. The van der Waals surface area contributed by atoms with E-state index < -0.39 is 70.2 Å². The zero-order chi connectivity index (χ0) is 30.1. The van der Waals surface area contributed by atoms with Crippen LogP contribution in [-0.4, -0.2) is 33.4 Å². The van der Waals surface area contributed by atoms with E-state index in [2.05, 4.69) is 4.98 Å². The normalized spacial score (nSPS) is 25.8. The monoisotopic (exact) mass is 593 g/mol. The van der Waals surface area contributed by atoms with Crippen molar-refractivity contribution in [3.05, 3.63) is 76.2 Å². The molecule has 0 bridgehead atoms. The Morgan fingerprint density at radius 2 is 1.74 bits per heavy atom. The largest absolute Gasteiger partial charge is 0.487 e. The van der Waals surface area contributed by atoms with Crippen molar-refractivity contribution in [2.24, 2.45) is 17.8 Å². The summed E-state index contributed by atoms with van der Waals surface area (Å²) in [6.45, 7) is 1.03. The number of alkyl halides is 3. The van der Waals surface area contributed by atoms with Crippen molar-refractivity contribution in [1.29, 1.82) is 0 Å². The van der Waals surface area contributed by atoms with Crippen LogP contribution in [0.5, 0.6) is 11.6 Å². The van der Waals surface area contributed by atoms with Gasteiger partial charge in [0.2, 0.25) is 5.88 Å². The Bertz CT molecular complexity index is 1560. The Kier molecular flexibility index (Phi) is 6.67. The molecule has 0 spiro atoms. The number of carboxylic acid groups (broad SMARTS) is 1. The number of fused-ring (bicyclic) bond motifs is 3. The number of ether oxygens (including phenoxy) is 2. The van der Waals surface area contributed by atoms with Crippen LogP contribution in [-0.2, 0) is 24.0 Å². The van der Waals surface area contributed by atoms with Crippen molar-refractivity contribution in [3.63, 3.8) is 0 Å². The number of benzene rings is 2. The first-order valence-electron chi connectivity index (χ1n) is 13.3. The van der Waals surface area contributed by atoms with Gasteiger partial charge in [0.05, 0.1) is 23.7 Å². The highest BCUT2D eigenvalue weighted by Gasteiger charge is 2.60. The highest BCUT2D eigenvalue weighted by Crippen LogP contribution is 2.61. The Labute approximate surface area is 235 Å². The molecule has 2 fully saturated rings. The lowest BCUT2D eigenvalue weighted by atomic mass is 9.73. The number of pyridine rings is 1. The molecule has 2 N–H and O–H groups in total. The van der Waals surface area contributed by atoms with E-state index in [0.717, 1.165) is 17.2 Å². The molecule has 3 aliphatic rings. The molecule has 3 aromatic rings. The number of aliphatic carboxylic acids is 1. The number of carbonyl (C=O) groups is 1. The molecule has 6 nitrogen and oxygen atoms in total. The van der Waals surface area contributed by atoms with Crippen LogP contribution < -0.4 is 9.47 Å². The van der Waals surface area contributed by atoms with Crippen LogP contribution in [0, 0.1) is 35.2 Å². The maximum absolute atomic E-state index is 14.9. The van der Waals surface area contributed by atoms with Gasteiger partial charge in [-0.1, -0.05) is 0 Å². The van der Waals surface area contributed by atoms with Crippen molar-refractivity contribution in [2.75, 3.05) is 6.61 Å². The van der Waals surface area contributed by atoms with Crippen LogP contribution in [0.25, 0.3) is 11.1 Å². The second kappa shape index (κ2) is 9.89. The smallest absolute Gasteiger partial charge is 0.417 e. The fourth-order valence-corrected chi connectivity index (χ4v) is 6.39. The number of hydrogen-bond acceptors (Lipinski definition) is 5. The maximum Gasteiger partial charge on any atom is 0.417 e. The Hall–Kier alpha value is -3.80. The Morgan fingerprint density at radius 3 is 2.36 bits per heavy atom. The summed E-state index contributed by atoms with van der Waals surface area (Å²) in [5.74, 6) is -5.91. The molecular weight excluding hydrogens is 568 g/mol. The van der Waals surface area contributed by atoms with Gasteiger partial charge in [0.15, 0.2) is 17.4 Å². The molecule has 3 atom stereocenters. The first-order chi connectivity index (χ1) is 19.7. The number of nitrogens with zero attached hydrogens (tertiary/aromatic N) is 1. The number of aromatic nitrogens is 1. The molecule has 0 aliphatic heterocycles. The van der Waals surface area contributed by atoms with E-state index in [1.54, 1.807) is 13.0 Å². The molecule has 0 amide bonds. The van der Waals surface area contributed by atoms with Crippen LogP contribution >= 0.6 is 0 Å². The fourth-order valence-electron chi connectivity index (χ4n) is 6.39. The van der Waals surface area contributed by atoms with E-state index in [1.165, 1.54) is 6.20 Å². The van der Waals surface area contributed by atoms with Crippen LogP contribution in [0.3, 0.4) is 0 Å². The zero-order valence-corrected chi connectivity index (χ0v) is 22.1. The summed E-state index contributed by atoms with van der Waals surface area (Å²) < 4.78 is 96.9. The summed E-state index contributed by atoms with van der Waals surface area (Å²) >= 11 is 0. The minimum absolute atomic E-state index is 0.0170. The number of halogens is 6. The molecule has 3 unspecified atom stereocenters. The third-order valence-corrected chi connectivity index (χ3v) is 8.36. The molecule has 12 heteroatoms. The maximum atomic E-state index is 14.9. The molecule has 1 heterocycles. The summed E-state index contributed by atoms with van der Waals surface area (Å²) in [6, 6.07) is 4.08. The summed E-state index contributed by atoms with van der Waals surface area (Å²) in [4.78, 5) is 15.4. The summed E-state index contributed by atoms with van der Waals surface area (Å²) in [5, 5.41) is 19.1. The predicted octanol–water partition coefficient (Wildman–Crippen LogP) is 6.27. The first-order valence-corrected chi connectivity index (χ1v) is 13.3. The van der Waals surface area contributed by atoms with Gasteiger partial charge in [0, 0.05) is 23.7 Å². The van der Waals surface area contributed by atoms with E-state index in [1.807, 2.05) is 0 Å². The summed E-state index contributed by atoms with van der Waals surface area (Å²) in [7, 11) is 0. The summed E-state index contributed by atoms with van der Waals surface area (Å²) in [5.41, 5.74) is -2.06. The third kappa shape index (κ3) is 5.16. The summed E-state index contributed by atoms with van der Waals surface area (Å²) in [6.07, 6.45) is -2.24. The minimum atomic E-state index is -5.03. The number of rotatable bonds is 8. The topological polar surface area (TPSA) is 88.9 Å². The van der Waals surface area contributed by atoms with Crippen LogP contribution in [0.15, 0.2) is 36.5 Å². The van der Waals surface area contributed by atoms with E-state index in [9.17, 15) is 41.4 Å². The highest BCUT2D eigenvalue weighted by atomic mass is 19.4. The zero-order valence-electron chi connectivity index (χ0n) is 22.1. The van der Waals surface area contributed by atoms with Crippen LogP contribution in [0.2, 0.25) is 0 Å². The lowest BCUT2D eigenvalue weighted by Crippen LogP contribution is -2.43. The average molecular weight is 594 g/mol. The molecule has 6 rings (SSSR count). The highest BCUT2D eigenvalue weighted by molar-refractivity contribution is 5.77. The number of hydrogen-bond donors (Lipinski definition) is 2. The molecule has 2 aromatic carbocycles. The van der Waals surface area contributed by atoms with Gasteiger partial charge >= 0.3 is 12.1 Å². The van der Waals surface area contributed by atoms with Crippen molar-refractivity contribution >= 4 is 5.97 Å². The third-order valence-electron chi connectivity index (χ3n) is 8.36. The number of aliphatic hydroxyl groups is 1. The van der Waals surface area contributed by atoms with Crippen molar-refractivity contribution < 1.29 is 50.8 Å². The van der Waals surface area contributed by atoms with E-state index in [-0.39, 0.29) is 41.9 Å². The molecule has 1 aromatic heterocycles. The predicted molar refractivity (Wildman–Crippen MR) is 135 cm³/mol. The van der Waals surface area contributed by atoms with Crippen molar-refractivity contribution in [2.45, 2.75) is 50.5 Å². The van der Waals surface area contributed by atoms with Crippen molar-refractivity contribution in [1.82, 2.24) is 4.98 Å². The van der Waals surface area contributed by atoms with Gasteiger partial charge in [-0.2, -0.15) is 13.2 Å². The van der Waals surface area contributed by atoms with E-state index in [4.69, 9.17) is 9.47 Å². The van der Waals surface area contributed by atoms with Gasteiger partial charge in [0.1, 0.15) is 12.4 Å². The molecule has 3 aliphatic carbocycles. The van der Waals surface area contributed by atoms with Crippen molar-refractivity contribution in [3.8, 4) is 22.8 Å². The molecule has 222 valence electrons. The van der Waals surface area contributed by atoms with Gasteiger partial charge in [-0.25, -0.2) is 18.2 Å². The lowest BCUT2D eigenvalue weighted by Gasteiger charge is -2.40. The van der Waals surface area contributed by atoms with E-state index in [0.29, 0.717) is 31.4 Å². The van der Waals surface area contributed by atoms with Gasteiger partial charge in [0.25, 0.3) is 0 Å². The molecule has 2 saturated carbocycles. The standard InChI is InChI=1S/C30H25F6NO5/c1-29(40)8-13(9-29)11-42-27-22(32)4-15(5-23(27)33)17-3-16(21(31)7-20(17)30(34,35)36)12-41-24-6-14-2-18-25(19(14)10-37-24)26(18)28(38)39/h3-7,10,13,18,25-26,40H,2,8-9,11-12H2,1H3,(H,38,39). The molecular formula is C30H25F6NO5. The first kappa shape index (κ1) is 28.3. The van der Waals surface area contributed by atoms with E-state index >= 15 is 0 Å². The molecule has 42 heavy (non-hydrogen) atoms. The SMILES string of the molecule is CC1(O)CC(COc2c(F)cc(-c3cc(COc4cc5c(cn4)C4C(C5)C4C(=O)O)c(F)cc3C(F)(F)F)cc2F)C1. The van der Waals surface area contributed by atoms with Crippen LogP contribution in [0.1, 0.15) is 47.9 Å². The second-order valence-corrected chi connectivity index (χ2v) is 11.6. The Morgan fingerprint density at radius 1 is 1.05 bits per heavy atom. The number of carboxylic acids is 1. The van der Waals surface area contributed by atoms with Gasteiger partial charge < -0.3 is 19.7 Å². The minimum Gasteiger partial charge on any atom is -0.487 e. The molecule has 0 saturated heterocycles. The second-order valence-electron chi connectivity index (χ2n) is 11.6. The van der Waals surface area contributed by atoms with Gasteiger partial charge in [-0.3, -0.25) is 4.79 Å². The fraction of sp³-hybridized carbons (Fsp3) is 0.400. The quantitative estimate of drug-likeness (QED) is 0.299. The van der Waals surface area contributed by atoms with Gasteiger partial charge in [-0.15, -0.1) is 0 Å². The lowest BCUT2D eigenvalue weighted by molar-refractivity contribution is -0.139. The average Bonchev–Trinajstić information content (AvgIpc) is 3.47. The van der Waals surface area contributed by atoms with Gasteiger partial charge in [-0.05, 0) is 84.5 Å². The Balaban J connectivity index is 1.23.